The van der Waals surface area contributed by atoms with Crippen molar-refractivity contribution >= 4 is 39.3 Å². The first-order valence-corrected chi connectivity index (χ1v) is 7.79. The first-order valence-electron chi connectivity index (χ1n) is 7.00. The highest BCUT2D eigenvalue weighted by Gasteiger charge is 2.56. The second-order valence-electron chi connectivity index (χ2n) is 5.29. The molecule has 1 aromatic rings. The van der Waals surface area contributed by atoms with E-state index < -0.39 is 17.3 Å². The maximum absolute atomic E-state index is 12.7. The van der Waals surface area contributed by atoms with Crippen LogP contribution in [0, 0.1) is 5.92 Å². The molecule has 0 saturated heterocycles. The van der Waals surface area contributed by atoms with Crippen LogP contribution in [-0.2, 0) is 24.5 Å². The monoisotopic (exact) mass is 363 g/mol. The molecule has 0 aromatic heterocycles. The summed E-state index contributed by atoms with van der Waals surface area (Å²) >= 11 is 3.45. The summed E-state index contributed by atoms with van der Waals surface area (Å²) < 4.78 is 5.82. The normalized spacial score (nSPS) is 26.0. The molecule has 0 unspecified atom stereocenters. The second-order valence-corrected chi connectivity index (χ2v) is 6.15. The van der Waals surface area contributed by atoms with Gasteiger partial charge in [0.2, 0.25) is 5.91 Å². The summed E-state index contributed by atoms with van der Waals surface area (Å²) in [6.45, 7) is 1.90. The van der Waals surface area contributed by atoms with Crippen molar-refractivity contribution in [3.63, 3.8) is 0 Å². The van der Waals surface area contributed by atoms with E-state index in [2.05, 4.69) is 21.2 Å². The Morgan fingerprint density at radius 1 is 1.45 bits per heavy atom. The number of carbonyl (C=O) groups excluding carboxylic acids is 3. The lowest BCUT2D eigenvalue weighted by atomic mass is 9.66. The van der Waals surface area contributed by atoms with Gasteiger partial charge in [-0.1, -0.05) is 28.1 Å². The highest BCUT2D eigenvalue weighted by atomic mass is 79.9. The van der Waals surface area contributed by atoms with Crippen molar-refractivity contribution in [1.82, 2.24) is 0 Å². The lowest BCUT2D eigenvalue weighted by molar-refractivity contribution is -0.153. The number of benzene rings is 1. The number of fused-ring (bicyclic) bond motifs is 2. The van der Waals surface area contributed by atoms with Crippen LogP contribution in [-0.4, -0.2) is 24.3 Å². The molecule has 5 nitrogen and oxygen atoms in total. The van der Waals surface area contributed by atoms with Crippen LogP contribution in [0.3, 0.4) is 0 Å². The zero-order chi connectivity index (χ0) is 15.9. The van der Waals surface area contributed by atoms with E-state index in [1.807, 2.05) is 6.07 Å². The largest absolute Gasteiger partial charge is 0.466 e. The number of carbonyl (C=O) groups is 3. The Hall–Kier alpha value is -1.95. The van der Waals surface area contributed by atoms with Crippen LogP contribution in [0.1, 0.15) is 18.9 Å². The van der Waals surface area contributed by atoms with Crippen LogP contribution in [0.15, 0.2) is 34.8 Å². The third-order valence-electron chi connectivity index (χ3n) is 4.11. The molecule has 2 atom stereocenters. The molecular formula is C16H14BrNO4. The lowest BCUT2D eigenvalue weighted by Gasteiger charge is -2.34. The van der Waals surface area contributed by atoms with Crippen LogP contribution in [0.5, 0.6) is 0 Å². The van der Waals surface area contributed by atoms with E-state index in [-0.39, 0.29) is 24.7 Å². The zero-order valence-corrected chi connectivity index (χ0v) is 13.5. The average molecular weight is 364 g/mol. The minimum absolute atomic E-state index is 0.0382. The number of rotatable bonds is 2. The quantitative estimate of drug-likeness (QED) is 0.818. The standard InChI is InChI=1S/C16H14BrNO4/c1-2-22-14(20)10-8-9(19)6-7-16(10)13-11(17)4-3-5-12(13)18-15(16)21/h3-7,10H,2,8H2,1H3,(H,18,21)/t10-,16-/m0/s1. The Labute approximate surface area is 135 Å². The lowest BCUT2D eigenvalue weighted by Crippen LogP contribution is -2.47. The maximum Gasteiger partial charge on any atom is 0.311 e. The van der Waals surface area contributed by atoms with Gasteiger partial charge in [0.15, 0.2) is 5.78 Å². The van der Waals surface area contributed by atoms with E-state index >= 15 is 0 Å². The molecule has 6 heteroatoms. The van der Waals surface area contributed by atoms with E-state index in [1.54, 1.807) is 19.1 Å². The van der Waals surface area contributed by atoms with E-state index in [9.17, 15) is 14.4 Å². The van der Waals surface area contributed by atoms with Crippen LogP contribution < -0.4 is 5.32 Å². The predicted molar refractivity (Wildman–Crippen MR) is 83.3 cm³/mol. The summed E-state index contributed by atoms with van der Waals surface area (Å²) in [5, 5.41) is 2.80. The first kappa shape index (κ1) is 15.0. The number of ketones is 1. The highest BCUT2D eigenvalue weighted by Crippen LogP contribution is 2.50. The predicted octanol–water partition coefficient (Wildman–Crippen LogP) is 2.35. The molecule has 0 fully saturated rings. The number of hydrogen-bond acceptors (Lipinski definition) is 4. The maximum atomic E-state index is 12.7. The minimum atomic E-state index is -1.20. The summed E-state index contributed by atoms with van der Waals surface area (Å²) in [5.41, 5.74) is 0.129. The van der Waals surface area contributed by atoms with Gasteiger partial charge in [-0.25, -0.2) is 0 Å². The van der Waals surface area contributed by atoms with E-state index in [4.69, 9.17) is 4.74 Å². The van der Waals surface area contributed by atoms with Gasteiger partial charge in [0.05, 0.1) is 12.5 Å². The third-order valence-corrected chi connectivity index (χ3v) is 4.77. The fourth-order valence-electron chi connectivity index (χ4n) is 3.16. The number of ether oxygens (including phenoxy) is 1. The topological polar surface area (TPSA) is 72.5 Å². The Bertz CT molecular complexity index is 712. The molecular weight excluding hydrogens is 350 g/mol. The van der Waals surface area contributed by atoms with Crippen molar-refractivity contribution in [2.45, 2.75) is 18.8 Å². The molecule has 3 rings (SSSR count). The summed E-state index contributed by atoms with van der Waals surface area (Å²) in [6.07, 6.45) is 2.87. The van der Waals surface area contributed by atoms with E-state index in [0.29, 0.717) is 11.3 Å². The van der Waals surface area contributed by atoms with Crippen molar-refractivity contribution in [3.8, 4) is 0 Å². The molecule has 1 aliphatic heterocycles. The first-order chi connectivity index (χ1) is 10.5. The van der Waals surface area contributed by atoms with Gasteiger partial charge in [0.1, 0.15) is 5.41 Å². The Morgan fingerprint density at radius 3 is 2.95 bits per heavy atom. The number of nitrogens with one attached hydrogen (secondary N) is 1. The molecule has 114 valence electrons. The molecule has 1 aromatic carbocycles. The minimum Gasteiger partial charge on any atom is -0.466 e. The fourth-order valence-corrected chi connectivity index (χ4v) is 3.86. The molecule has 0 radical (unpaired) electrons. The smallest absolute Gasteiger partial charge is 0.311 e. The van der Waals surface area contributed by atoms with E-state index in [0.717, 1.165) is 4.47 Å². The number of esters is 1. The van der Waals surface area contributed by atoms with Gasteiger partial charge in [-0.15, -0.1) is 0 Å². The Morgan fingerprint density at radius 2 is 2.23 bits per heavy atom. The Kier molecular flexibility index (Phi) is 3.64. The summed E-state index contributed by atoms with van der Waals surface area (Å²) in [4.78, 5) is 36.8. The molecule has 1 aliphatic carbocycles. The van der Waals surface area contributed by atoms with Gasteiger partial charge in [0, 0.05) is 22.1 Å². The molecule has 1 heterocycles. The van der Waals surface area contributed by atoms with Crippen molar-refractivity contribution in [2.24, 2.45) is 5.92 Å². The van der Waals surface area contributed by atoms with Crippen molar-refractivity contribution < 1.29 is 19.1 Å². The molecule has 1 amide bonds. The van der Waals surface area contributed by atoms with Gasteiger partial charge in [-0.05, 0) is 25.1 Å². The van der Waals surface area contributed by atoms with Crippen LogP contribution >= 0.6 is 15.9 Å². The van der Waals surface area contributed by atoms with Crippen molar-refractivity contribution in [1.29, 1.82) is 0 Å². The molecule has 2 aliphatic rings. The second kappa shape index (κ2) is 5.35. The zero-order valence-electron chi connectivity index (χ0n) is 11.9. The number of halogens is 1. The van der Waals surface area contributed by atoms with Gasteiger partial charge < -0.3 is 10.1 Å². The van der Waals surface area contributed by atoms with Crippen molar-refractivity contribution in [3.05, 3.63) is 40.4 Å². The summed E-state index contributed by atoms with van der Waals surface area (Å²) in [7, 11) is 0. The van der Waals surface area contributed by atoms with Gasteiger partial charge in [0.25, 0.3) is 0 Å². The van der Waals surface area contributed by atoms with Crippen LogP contribution in [0.25, 0.3) is 0 Å². The number of allylic oxidation sites excluding steroid dienone is 1. The number of hydrogen-bond donors (Lipinski definition) is 1. The SMILES string of the molecule is CCOC(=O)[C@@H]1CC(=O)C=C[C@]12C(=O)Nc1cccc(Br)c12. The fraction of sp³-hybridized carbons (Fsp3) is 0.312. The third kappa shape index (κ3) is 2.01. The van der Waals surface area contributed by atoms with Gasteiger partial charge >= 0.3 is 5.97 Å². The Balaban J connectivity index is 2.22. The van der Waals surface area contributed by atoms with Crippen LogP contribution in [0.2, 0.25) is 0 Å². The van der Waals surface area contributed by atoms with Gasteiger partial charge in [-0.2, -0.15) is 0 Å². The number of anilines is 1. The van der Waals surface area contributed by atoms with Crippen molar-refractivity contribution in [2.75, 3.05) is 11.9 Å². The molecule has 0 saturated carbocycles. The molecule has 0 bridgehead atoms. The number of amides is 1. The summed E-state index contributed by atoms with van der Waals surface area (Å²) in [6, 6.07) is 5.39. The summed E-state index contributed by atoms with van der Waals surface area (Å²) in [5.74, 6) is -1.88. The molecule has 1 spiro atoms. The van der Waals surface area contributed by atoms with E-state index in [1.165, 1.54) is 12.2 Å². The highest BCUT2D eigenvalue weighted by molar-refractivity contribution is 9.10. The van der Waals surface area contributed by atoms with Crippen LogP contribution in [0.4, 0.5) is 5.69 Å². The molecule has 1 N–H and O–H groups in total. The van der Waals surface area contributed by atoms with Gasteiger partial charge in [-0.3, -0.25) is 14.4 Å². The average Bonchev–Trinajstić information content (AvgIpc) is 2.76. The molecule has 22 heavy (non-hydrogen) atoms.